The molecular weight excluding hydrogens is 186 g/mol. The molecule has 82 valence electrons. The normalized spacial score (nSPS) is 17.7. The lowest BCUT2D eigenvalue weighted by Crippen LogP contribution is -2.27. The van der Waals surface area contributed by atoms with Crippen molar-refractivity contribution in [2.24, 2.45) is 0 Å². The summed E-state index contributed by atoms with van der Waals surface area (Å²) >= 11 is 0. The van der Waals surface area contributed by atoms with Crippen LogP contribution < -0.4 is 5.32 Å². The average Bonchev–Trinajstić information content (AvgIpc) is 2.17. The summed E-state index contributed by atoms with van der Waals surface area (Å²) in [6, 6.07) is 7.21. The molecule has 1 aliphatic heterocycles. The molecule has 1 aliphatic rings. The van der Waals surface area contributed by atoms with Crippen LogP contribution in [-0.4, -0.2) is 19.3 Å². The Morgan fingerprint density at radius 2 is 1.67 bits per heavy atom. The van der Waals surface area contributed by atoms with Crippen molar-refractivity contribution < 1.29 is 4.74 Å². The molecule has 0 amide bonds. The van der Waals surface area contributed by atoms with Crippen molar-refractivity contribution in [3.63, 3.8) is 0 Å². The Morgan fingerprint density at radius 1 is 1.07 bits per heavy atom. The highest BCUT2D eigenvalue weighted by Crippen LogP contribution is 2.18. The zero-order valence-electron chi connectivity index (χ0n) is 9.55. The maximum atomic E-state index is 5.34. The van der Waals surface area contributed by atoms with Crippen LogP contribution >= 0.6 is 0 Å². The number of ether oxygens (including phenoxy) is 1. The van der Waals surface area contributed by atoms with Gasteiger partial charge in [0.2, 0.25) is 0 Å². The van der Waals surface area contributed by atoms with Crippen LogP contribution in [0.4, 0.5) is 5.69 Å². The van der Waals surface area contributed by atoms with Crippen molar-refractivity contribution in [2.75, 3.05) is 18.5 Å². The lowest BCUT2D eigenvalue weighted by atomic mass is 10.1. The quantitative estimate of drug-likeness (QED) is 0.801. The molecule has 0 atom stereocenters. The van der Waals surface area contributed by atoms with Gasteiger partial charge < -0.3 is 10.1 Å². The van der Waals surface area contributed by atoms with E-state index in [1.165, 1.54) is 16.8 Å². The second-order valence-electron chi connectivity index (χ2n) is 4.41. The predicted molar refractivity (Wildman–Crippen MR) is 63.4 cm³/mol. The third-order valence-corrected chi connectivity index (χ3v) is 2.81. The molecule has 1 aromatic rings. The molecule has 2 rings (SSSR count). The molecule has 2 nitrogen and oxygen atoms in total. The van der Waals surface area contributed by atoms with E-state index in [9.17, 15) is 0 Å². The van der Waals surface area contributed by atoms with Crippen molar-refractivity contribution in [2.45, 2.75) is 32.7 Å². The van der Waals surface area contributed by atoms with Gasteiger partial charge >= 0.3 is 0 Å². The Balaban J connectivity index is 2.02. The first-order chi connectivity index (χ1) is 7.24. The number of aryl methyl sites for hydroxylation is 2. The number of rotatable bonds is 2. The van der Waals surface area contributed by atoms with E-state index in [4.69, 9.17) is 4.74 Å². The van der Waals surface area contributed by atoms with Gasteiger partial charge in [-0.05, 0) is 49.9 Å². The fraction of sp³-hybridized carbons (Fsp3) is 0.538. The van der Waals surface area contributed by atoms with Gasteiger partial charge in [0.1, 0.15) is 0 Å². The Morgan fingerprint density at radius 3 is 2.27 bits per heavy atom. The van der Waals surface area contributed by atoms with Crippen molar-refractivity contribution in [3.8, 4) is 0 Å². The second kappa shape index (κ2) is 4.67. The zero-order valence-corrected chi connectivity index (χ0v) is 9.55. The summed E-state index contributed by atoms with van der Waals surface area (Å²) in [5.41, 5.74) is 3.90. The zero-order chi connectivity index (χ0) is 10.7. The number of anilines is 1. The van der Waals surface area contributed by atoms with Crippen LogP contribution in [0.1, 0.15) is 24.0 Å². The Bertz CT molecular complexity index is 309. The molecule has 0 spiro atoms. The summed E-state index contributed by atoms with van der Waals surface area (Å²) in [5, 5.41) is 3.58. The van der Waals surface area contributed by atoms with Gasteiger partial charge in [-0.1, -0.05) is 6.07 Å². The fourth-order valence-electron chi connectivity index (χ4n) is 2.14. The Labute approximate surface area is 91.6 Å². The van der Waals surface area contributed by atoms with E-state index < -0.39 is 0 Å². The molecule has 1 saturated heterocycles. The van der Waals surface area contributed by atoms with Gasteiger partial charge in [0.25, 0.3) is 0 Å². The first-order valence-electron chi connectivity index (χ1n) is 5.66. The van der Waals surface area contributed by atoms with Crippen molar-refractivity contribution in [1.82, 2.24) is 0 Å². The number of hydrogen-bond donors (Lipinski definition) is 1. The van der Waals surface area contributed by atoms with Crippen LogP contribution in [0.2, 0.25) is 0 Å². The predicted octanol–water partition coefficient (Wildman–Crippen LogP) is 2.89. The van der Waals surface area contributed by atoms with Gasteiger partial charge in [-0.2, -0.15) is 0 Å². The maximum absolute atomic E-state index is 5.34. The maximum Gasteiger partial charge on any atom is 0.0485 e. The van der Waals surface area contributed by atoms with Gasteiger partial charge in [0, 0.05) is 24.9 Å². The van der Waals surface area contributed by atoms with Gasteiger partial charge in [-0.3, -0.25) is 0 Å². The smallest absolute Gasteiger partial charge is 0.0485 e. The number of nitrogens with one attached hydrogen (secondary N) is 1. The molecule has 1 fully saturated rings. The molecule has 0 saturated carbocycles. The van der Waals surface area contributed by atoms with E-state index in [-0.39, 0.29) is 0 Å². The standard InChI is InChI=1S/C13H19NO/c1-10-7-11(2)9-13(8-10)14-12-3-5-15-6-4-12/h7-9,12,14H,3-6H2,1-2H3. The SMILES string of the molecule is Cc1cc(C)cc(NC2CCOCC2)c1. The van der Waals surface area contributed by atoms with Gasteiger partial charge in [0.15, 0.2) is 0 Å². The lowest BCUT2D eigenvalue weighted by molar-refractivity contribution is 0.0904. The van der Waals surface area contributed by atoms with Crippen molar-refractivity contribution in [1.29, 1.82) is 0 Å². The first-order valence-corrected chi connectivity index (χ1v) is 5.66. The van der Waals surface area contributed by atoms with Crippen LogP contribution in [0.25, 0.3) is 0 Å². The minimum atomic E-state index is 0.583. The van der Waals surface area contributed by atoms with Gasteiger partial charge in [-0.15, -0.1) is 0 Å². The summed E-state index contributed by atoms with van der Waals surface area (Å²) in [7, 11) is 0. The highest BCUT2D eigenvalue weighted by atomic mass is 16.5. The summed E-state index contributed by atoms with van der Waals surface area (Å²) in [4.78, 5) is 0. The average molecular weight is 205 g/mol. The monoisotopic (exact) mass is 205 g/mol. The molecule has 2 heteroatoms. The van der Waals surface area contributed by atoms with E-state index in [1.807, 2.05) is 0 Å². The second-order valence-corrected chi connectivity index (χ2v) is 4.41. The van der Waals surface area contributed by atoms with Crippen molar-refractivity contribution in [3.05, 3.63) is 29.3 Å². The van der Waals surface area contributed by atoms with Crippen LogP contribution in [0.3, 0.4) is 0 Å². The molecule has 1 N–H and O–H groups in total. The summed E-state index contributed by atoms with van der Waals surface area (Å²) in [6.45, 7) is 6.06. The molecular formula is C13H19NO. The van der Waals surface area contributed by atoms with E-state index in [1.54, 1.807) is 0 Å². The van der Waals surface area contributed by atoms with Crippen LogP contribution in [-0.2, 0) is 4.74 Å². The van der Waals surface area contributed by atoms with Crippen LogP contribution in [0.5, 0.6) is 0 Å². The third-order valence-electron chi connectivity index (χ3n) is 2.81. The van der Waals surface area contributed by atoms with E-state index in [0.29, 0.717) is 6.04 Å². The third kappa shape index (κ3) is 2.96. The van der Waals surface area contributed by atoms with E-state index >= 15 is 0 Å². The van der Waals surface area contributed by atoms with Crippen molar-refractivity contribution >= 4 is 5.69 Å². The minimum absolute atomic E-state index is 0.583. The molecule has 0 bridgehead atoms. The summed E-state index contributed by atoms with van der Waals surface area (Å²) in [5.74, 6) is 0. The number of hydrogen-bond acceptors (Lipinski definition) is 2. The summed E-state index contributed by atoms with van der Waals surface area (Å²) < 4.78 is 5.34. The highest BCUT2D eigenvalue weighted by Gasteiger charge is 2.13. The molecule has 1 heterocycles. The summed E-state index contributed by atoms with van der Waals surface area (Å²) in [6.07, 6.45) is 2.24. The van der Waals surface area contributed by atoms with Gasteiger partial charge in [0.05, 0.1) is 0 Å². The molecule has 15 heavy (non-hydrogen) atoms. The van der Waals surface area contributed by atoms with Crippen LogP contribution in [0.15, 0.2) is 18.2 Å². The molecule has 0 aliphatic carbocycles. The molecule has 0 unspecified atom stereocenters. The highest BCUT2D eigenvalue weighted by molar-refractivity contribution is 5.49. The van der Waals surface area contributed by atoms with Crippen LogP contribution in [0, 0.1) is 13.8 Å². The largest absolute Gasteiger partial charge is 0.382 e. The topological polar surface area (TPSA) is 21.3 Å². The Kier molecular flexibility index (Phi) is 3.27. The van der Waals surface area contributed by atoms with E-state index in [0.717, 1.165) is 26.1 Å². The molecule has 1 aromatic carbocycles. The minimum Gasteiger partial charge on any atom is -0.382 e. The van der Waals surface area contributed by atoms with E-state index in [2.05, 4.69) is 37.4 Å². The van der Waals surface area contributed by atoms with Gasteiger partial charge in [-0.25, -0.2) is 0 Å². The molecule has 0 aromatic heterocycles. The lowest BCUT2D eigenvalue weighted by Gasteiger charge is -2.24. The first kappa shape index (κ1) is 10.5. The fourth-order valence-corrected chi connectivity index (χ4v) is 2.14. The molecule has 0 radical (unpaired) electrons. The Hall–Kier alpha value is -1.02. The number of benzene rings is 1.